The molecule has 1 rings (SSSR count). The SMILES string of the molecule is CC(C)(C)OC(=O)CN.c1cn[nH]n1. The number of H-pyrrole nitrogens is 1. The van der Waals surface area contributed by atoms with Crippen molar-refractivity contribution in [3.63, 3.8) is 0 Å². The predicted octanol–water partition coefficient (Wildman–Crippen LogP) is 0.0915. The van der Waals surface area contributed by atoms with Crippen LogP contribution in [-0.2, 0) is 9.53 Å². The second-order valence-corrected chi connectivity index (χ2v) is 3.45. The molecule has 0 bridgehead atoms. The maximum atomic E-state index is 10.5. The molecule has 0 aliphatic heterocycles. The van der Waals surface area contributed by atoms with Crippen molar-refractivity contribution >= 4 is 5.97 Å². The first-order chi connectivity index (χ1) is 6.45. The van der Waals surface area contributed by atoms with E-state index in [1.54, 1.807) is 33.2 Å². The summed E-state index contributed by atoms with van der Waals surface area (Å²) in [6.07, 6.45) is 3.17. The molecular formula is C8H16N4O2. The predicted molar refractivity (Wildman–Crippen MR) is 51.3 cm³/mol. The van der Waals surface area contributed by atoms with Crippen LogP contribution in [0.4, 0.5) is 0 Å². The molecule has 0 unspecified atom stereocenters. The molecule has 1 aromatic heterocycles. The Bertz CT molecular complexity index is 223. The zero-order valence-electron chi connectivity index (χ0n) is 8.65. The smallest absolute Gasteiger partial charge is 0.320 e. The third-order valence-corrected chi connectivity index (χ3v) is 0.918. The summed E-state index contributed by atoms with van der Waals surface area (Å²) in [4.78, 5) is 10.5. The van der Waals surface area contributed by atoms with Crippen molar-refractivity contribution < 1.29 is 9.53 Å². The molecule has 0 radical (unpaired) electrons. The van der Waals surface area contributed by atoms with Crippen molar-refractivity contribution in [3.05, 3.63) is 12.4 Å². The van der Waals surface area contributed by atoms with Crippen molar-refractivity contribution in [2.75, 3.05) is 6.54 Å². The molecule has 0 amide bonds. The fourth-order valence-electron chi connectivity index (χ4n) is 0.550. The van der Waals surface area contributed by atoms with Gasteiger partial charge in [-0.05, 0) is 20.8 Å². The number of esters is 1. The number of aromatic nitrogens is 3. The number of aromatic amines is 1. The normalized spacial score (nSPS) is 10.0. The average Bonchev–Trinajstić information content (AvgIpc) is 2.57. The summed E-state index contributed by atoms with van der Waals surface area (Å²) in [6.45, 7) is 5.37. The van der Waals surface area contributed by atoms with Gasteiger partial charge in [0.15, 0.2) is 0 Å². The number of nitrogens with one attached hydrogen (secondary N) is 1. The molecule has 0 aliphatic carbocycles. The Balaban J connectivity index is 0.000000280. The van der Waals surface area contributed by atoms with Gasteiger partial charge in [0.05, 0.1) is 18.9 Å². The molecule has 0 saturated carbocycles. The summed E-state index contributed by atoms with van der Waals surface area (Å²) in [5, 5.41) is 9.33. The maximum absolute atomic E-state index is 10.5. The van der Waals surface area contributed by atoms with Gasteiger partial charge in [0.1, 0.15) is 5.60 Å². The highest BCUT2D eigenvalue weighted by Crippen LogP contribution is 2.05. The topological polar surface area (TPSA) is 93.9 Å². The third-order valence-electron chi connectivity index (χ3n) is 0.918. The molecule has 80 valence electrons. The van der Waals surface area contributed by atoms with Crippen LogP contribution < -0.4 is 5.73 Å². The van der Waals surface area contributed by atoms with E-state index >= 15 is 0 Å². The average molecular weight is 200 g/mol. The van der Waals surface area contributed by atoms with Crippen LogP contribution in [0.15, 0.2) is 12.4 Å². The number of nitrogens with two attached hydrogens (primary N) is 1. The molecule has 0 saturated heterocycles. The van der Waals surface area contributed by atoms with Crippen LogP contribution in [-0.4, -0.2) is 33.5 Å². The number of carbonyl (C=O) groups is 1. The molecule has 3 N–H and O–H groups in total. The minimum absolute atomic E-state index is 0.0444. The monoisotopic (exact) mass is 200 g/mol. The Labute approximate surface area is 82.8 Å². The van der Waals surface area contributed by atoms with Gasteiger partial charge in [-0.15, -0.1) is 0 Å². The highest BCUT2D eigenvalue weighted by molar-refractivity contribution is 5.71. The molecule has 6 nitrogen and oxygen atoms in total. The molecule has 1 aromatic rings. The summed E-state index contributed by atoms with van der Waals surface area (Å²) >= 11 is 0. The summed E-state index contributed by atoms with van der Waals surface area (Å²) in [6, 6.07) is 0. The Hall–Kier alpha value is -1.43. The Morgan fingerprint density at radius 2 is 1.93 bits per heavy atom. The van der Waals surface area contributed by atoms with E-state index in [-0.39, 0.29) is 12.5 Å². The second-order valence-electron chi connectivity index (χ2n) is 3.45. The van der Waals surface area contributed by atoms with Gasteiger partial charge in [0.25, 0.3) is 0 Å². The number of hydrogen-bond acceptors (Lipinski definition) is 5. The quantitative estimate of drug-likeness (QED) is 0.626. The molecule has 0 fully saturated rings. The first-order valence-corrected chi connectivity index (χ1v) is 4.17. The van der Waals surface area contributed by atoms with Crippen LogP contribution in [0.3, 0.4) is 0 Å². The molecule has 1 heterocycles. The van der Waals surface area contributed by atoms with Crippen LogP contribution >= 0.6 is 0 Å². The number of nitrogens with zero attached hydrogens (tertiary/aromatic N) is 2. The van der Waals surface area contributed by atoms with Crippen LogP contribution in [0.1, 0.15) is 20.8 Å². The van der Waals surface area contributed by atoms with Crippen LogP contribution in [0.2, 0.25) is 0 Å². The Kier molecular flexibility index (Phi) is 5.47. The van der Waals surface area contributed by atoms with Gasteiger partial charge < -0.3 is 10.5 Å². The van der Waals surface area contributed by atoms with E-state index in [4.69, 9.17) is 10.5 Å². The fourth-order valence-corrected chi connectivity index (χ4v) is 0.550. The first kappa shape index (κ1) is 12.6. The van der Waals surface area contributed by atoms with Crippen molar-refractivity contribution in [1.29, 1.82) is 0 Å². The number of carbonyl (C=O) groups excluding carboxylic acids is 1. The molecule has 0 atom stereocenters. The highest BCUT2D eigenvalue weighted by atomic mass is 16.6. The zero-order chi connectivity index (χ0) is 11.0. The number of ether oxygens (including phenoxy) is 1. The van der Waals surface area contributed by atoms with E-state index in [9.17, 15) is 4.79 Å². The van der Waals surface area contributed by atoms with Crippen LogP contribution in [0.5, 0.6) is 0 Å². The second kappa shape index (κ2) is 6.09. The standard InChI is InChI=1S/C6H13NO2.C2H3N3/c1-6(2,3)9-5(8)4-7;1-2-4-5-3-1/h4,7H2,1-3H3;1-2H,(H,3,4,5). The van der Waals surface area contributed by atoms with E-state index in [1.807, 2.05) is 0 Å². The summed E-state index contributed by atoms with van der Waals surface area (Å²) < 4.78 is 4.82. The maximum Gasteiger partial charge on any atom is 0.320 e. The van der Waals surface area contributed by atoms with Gasteiger partial charge in [-0.25, -0.2) is 0 Å². The fraction of sp³-hybridized carbons (Fsp3) is 0.625. The largest absolute Gasteiger partial charge is 0.459 e. The van der Waals surface area contributed by atoms with Gasteiger partial charge in [-0.2, -0.15) is 15.4 Å². The minimum atomic E-state index is -0.406. The van der Waals surface area contributed by atoms with Crippen molar-refractivity contribution in [3.8, 4) is 0 Å². The molecule has 0 aromatic carbocycles. The zero-order valence-corrected chi connectivity index (χ0v) is 8.65. The Morgan fingerprint density at radius 1 is 1.43 bits per heavy atom. The molecule has 6 heteroatoms. The van der Waals surface area contributed by atoms with Gasteiger partial charge >= 0.3 is 5.97 Å². The van der Waals surface area contributed by atoms with E-state index in [2.05, 4.69) is 15.4 Å². The Morgan fingerprint density at radius 3 is 2.07 bits per heavy atom. The summed E-state index contributed by atoms with van der Waals surface area (Å²) in [5.74, 6) is -0.359. The van der Waals surface area contributed by atoms with Crippen LogP contribution in [0, 0.1) is 0 Å². The first-order valence-electron chi connectivity index (χ1n) is 4.17. The lowest BCUT2D eigenvalue weighted by Gasteiger charge is -2.18. The lowest BCUT2D eigenvalue weighted by atomic mass is 10.2. The van der Waals surface area contributed by atoms with Crippen LogP contribution in [0.25, 0.3) is 0 Å². The molecular weight excluding hydrogens is 184 g/mol. The number of rotatable bonds is 1. The molecule has 14 heavy (non-hydrogen) atoms. The number of hydrogen-bond donors (Lipinski definition) is 2. The highest BCUT2D eigenvalue weighted by Gasteiger charge is 2.13. The van der Waals surface area contributed by atoms with E-state index < -0.39 is 5.60 Å². The molecule has 0 aliphatic rings. The lowest BCUT2D eigenvalue weighted by Crippen LogP contribution is -2.28. The third kappa shape index (κ3) is 8.66. The van der Waals surface area contributed by atoms with Crippen molar-refractivity contribution in [2.24, 2.45) is 5.73 Å². The summed E-state index contributed by atoms with van der Waals surface area (Å²) in [5.41, 5.74) is 4.60. The van der Waals surface area contributed by atoms with Gasteiger partial charge in [-0.1, -0.05) is 0 Å². The van der Waals surface area contributed by atoms with Gasteiger partial charge in [0, 0.05) is 0 Å². The molecule has 0 spiro atoms. The summed E-state index contributed by atoms with van der Waals surface area (Å²) in [7, 11) is 0. The van der Waals surface area contributed by atoms with E-state index in [0.717, 1.165) is 0 Å². The lowest BCUT2D eigenvalue weighted by molar-refractivity contribution is -0.152. The van der Waals surface area contributed by atoms with Crippen molar-refractivity contribution in [1.82, 2.24) is 15.4 Å². The van der Waals surface area contributed by atoms with E-state index in [0.29, 0.717) is 0 Å². The minimum Gasteiger partial charge on any atom is -0.459 e. The van der Waals surface area contributed by atoms with E-state index in [1.165, 1.54) is 0 Å². The van der Waals surface area contributed by atoms with Crippen molar-refractivity contribution in [2.45, 2.75) is 26.4 Å². The van der Waals surface area contributed by atoms with Gasteiger partial charge in [-0.3, -0.25) is 4.79 Å². The van der Waals surface area contributed by atoms with Gasteiger partial charge in [0.2, 0.25) is 0 Å².